The number of hydrogen-bond donors (Lipinski definition) is 2. The number of aromatic nitrogens is 1. The molecule has 1 aromatic carbocycles. The summed E-state index contributed by atoms with van der Waals surface area (Å²) in [5.41, 5.74) is 0.911. The number of nitrogens with one attached hydrogen (secondary N) is 2. The maximum Gasteiger partial charge on any atom is 0.261 e. The van der Waals surface area contributed by atoms with E-state index in [9.17, 15) is 13.2 Å². The summed E-state index contributed by atoms with van der Waals surface area (Å²) in [4.78, 5) is 16.6. The summed E-state index contributed by atoms with van der Waals surface area (Å²) in [6, 6.07) is 9.33. The van der Waals surface area contributed by atoms with Crippen molar-refractivity contribution in [3.05, 3.63) is 54.4 Å². The number of amides is 1. The van der Waals surface area contributed by atoms with Crippen molar-refractivity contribution in [3.8, 4) is 0 Å². The van der Waals surface area contributed by atoms with Crippen molar-refractivity contribution in [3.63, 3.8) is 0 Å². The van der Waals surface area contributed by atoms with Crippen LogP contribution in [0.25, 0.3) is 0 Å². The lowest BCUT2D eigenvalue weighted by Gasteiger charge is -2.28. The molecular weight excluding hydrogens is 374 g/mol. The lowest BCUT2D eigenvalue weighted by Crippen LogP contribution is -2.40. The van der Waals surface area contributed by atoms with E-state index in [4.69, 9.17) is 0 Å². The molecule has 2 saturated carbocycles. The maximum atomic E-state index is 12.6. The fraction of sp³-hybridized carbons (Fsp3) is 0.429. The Morgan fingerprint density at radius 3 is 2.39 bits per heavy atom. The van der Waals surface area contributed by atoms with Crippen molar-refractivity contribution < 1.29 is 13.2 Å². The van der Waals surface area contributed by atoms with Crippen LogP contribution in [-0.2, 0) is 10.0 Å². The minimum absolute atomic E-state index is 0.113. The second kappa shape index (κ2) is 7.54. The van der Waals surface area contributed by atoms with Gasteiger partial charge in [-0.25, -0.2) is 8.42 Å². The first-order valence-corrected chi connectivity index (χ1v) is 11.2. The Kier molecular flexibility index (Phi) is 5.10. The summed E-state index contributed by atoms with van der Waals surface area (Å²) >= 11 is 0. The highest BCUT2D eigenvalue weighted by Crippen LogP contribution is 2.49. The van der Waals surface area contributed by atoms with E-state index in [0.717, 1.165) is 11.8 Å². The molecule has 2 aliphatic carbocycles. The van der Waals surface area contributed by atoms with Crippen LogP contribution in [0.3, 0.4) is 0 Å². The predicted molar refractivity (Wildman–Crippen MR) is 107 cm³/mol. The Morgan fingerprint density at radius 2 is 1.79 bits per heavy atom. The van der Waals surface area contributed by atoms with Gasteiger partial charge in [-0.3, -0.25) is 14.5 Å². The van der Waals surface area contributed by atoms with Gasteiger partial charge in [0.05, 0.1) is 10.6 Å². The summed E-state index contributed by atoms with van der Waals surface area (Å²) in [6.07, 6.45) is 8.18. The van der Waals surface area contributed by atoms with E-state index in [1.54, 1.807) is 24.3 Å². The van der Waals surface area contributed by atoms with Crippen molar-refractivity contribution in [1.29, 1.82) is 0 Å². The smallest absolute Gasteiger partial charge is 0.261 e. The normalized spacial score (nSPS) is 24.7. The molecular formula is C21H25N3O3S. The third kappa shape index (κ3) is 3.90. The number of benzene rings is 1. The van der Waals surface area contributed by atoms with Crippen LogP contribution in [0.5, 0.6) is 0 Å². The Morgan fingerprint density at radius 1 is 1.07 bits per heavy atom. The summed E-state index contributed by atoms with van der Waals surface area (Å²) < 4.78 is 27.5. The molecule has 148 valence electrons. The highest BCUT2D eigenvalue weighted by molar-refractivity contribution is 7.92. The van der Waals surface area contributed by atoms with Gasteiger partial charge in [0.2, 0.25) is 0 Å². The summed E-state index contributed by atoms with van der Waals surface area (Å²) in [5.74, 6) is 1.99. The minimum atomic E-state index is -3.71. The first-order chi connectivity index (χ1) is 13.4. The zero-order valence-corrected chi connectivity index (χ0v) is 16.7. The average molecular weight is 400 g/mol. The van der Waals surface area contributed by atoms with Gasteiger partial charge in [0.15, 0.2) is 0 Å². The summed E-state index contributed by atoms with van der Waals surface area (Å²) in [6.45, 7) is 2.08. The Hall–Kier alpha value is -2.41. The van der Waals surface area contributed by atoms with Crippen molar-refractivity contribution in [1.82, 2.24) is 10.3 Å². The van der Waals surface area contributed by atoms with Crippen LogP contribution in [0.1, 0.15) is 43.0 Å². The molecule has 4 rings (SSSR count). The highest BCUT2D eigenvalue weighted by Gasteiger charge is 2.42. The molecule has 2 bridgehead atoms. The van der Waals surface area contributed by atoms with Gasteiger partial charge < -0.3 is 5.32 Å². The molecule has 1 amide bonds. The molecule has 0 aliphatic heterocycles. The third-order valence-corrected chi connectivity index (χ3v) is 7.55. The second-order valence-electron chi connectivity index (χ2n) is 7.97. The molecule has 0 unspecified atom stereocenters. The van der Waals surface area contributed by atoms with Gasteiger partial charge in [0.25, 0.3) is 15.9 Å². The van der Waals surface area contributed by atoms with Gasteiger partial charge in [-0.2, -0.15) is 0 Å². The van der Waals surface area contributed by atoms with Gasteiger partial charge in [0.1, 0.15) is 0 Å². The fourth-order valence-corrected chi connectivity index (χ4v) is 5.78. The lowest BCUT2D eigenvalue weighted by molar-refractivity contribution is 0.0915. The van der Waals surface area contributed by atoms with Crippen LogP contribution < -0.4 is 10.0 Å². The first-order valence-electron chi connectivity index (χ1n) is 9.76. The van der Waals surface area contributed by atoms with Crippen LogP contribution in [0.2, 0.25) is 0 Å². The predicted octanol–water partition coefficient (Wildman–Crippen LogP) is 3.44. The lowest BCUT2D eigenvalue weighted by atomic mass is 9.84. The zero-order chi connectivity index (χ0) is 19.7. The molecule has 2 aromatic rings. The monoisotopic (exact) mass is 399 g/mol. The minimum Gasteiger partial charge on any atom is -0.349 e. The number of hydrogen-bond acceptors (Lipinski definition) is 4. The van der Waals surface area contributed by atoms with Crippen LogP contribution in [0.4, 0.5) is 5.69 Å². The van der Waals surface area contributed by atoms with Gasteiger partial charge in [0, 0.05) is 24.0 Å². The van der Waals surface area contributed by atoms with E-state index >= 15 is 0 Å². The van der Waals surface area contributed by atoms with Crippen LogP contribution >= 0.6 is 0 Å². The highest BCUT2D eigenvalue weighted by atomic mass is 32.2. The molecule has 2 fully saturated rings. The third-order valence-electron chi connectivity index (χ3n) is 6.15. The SMILES string of the molecule is C[C@H](NC(=O)c1ccc(S(=O)(=O)Nc2ccncc2)cc1)[C@H]1C[C@H]2CC[C@H]1C2. The van der Waals surface area contributed by atoms with Crippen LogP contribution in [0, 0.1) is 17.8 Å². The van der Waals surface area contributed by atoms with E-state index in [0.29, 0.717) is 17.2 Å². The molecule has 6 nitrogen and oxygen atoms in total. The zero-order valence-electron chi connectivity index (χ0n) is 15.8. The molecule has 7 heteroatoms. The van der Waals surface area contributed by atoms with Crippen molar-refractivity contribution in [2.24, 2.45) is 17.8 Å². The van der Waals surface area contributed by atoms with Crippen molar-refractivity contribution in [2.75, 3.05) is 4.72 Å². The number of nitrogens with zero attached hydrogens (tertiary/aromatic N) is 1. The van der Waals surface area contributed by atoms with Gasteiger partial charge in [-0.15, -0.1) is 0 Å². The number of carbonyl (C=O) groups excluding carboxylic acids is 1. The molecule has 0 radical (unpaired) electrons. The quantitative estimate of drug-likeness (QED) is 0.779. The van der Waals surface area contributed by atoms with Crippen LogP contribution in [-0.4, -0.2) is 25.4 Å². The van der Waals surface area contributed by atoms with E-state index in [1.807, 2.05) is 0 Å². The largest absolute Gasteiger partial charge is 0.349 e. The van der Waals surface area contributed by atoms with Crippen molar-refractivity contribution in [2.45, 2.75) is 43.5 Å². The number of pyridine rings is 1. The van der Waals surface area contributed by atoms with Crippen LogP contribution in [0.15, 0.2) is 53.7 Å². The number of fused-ring (bicyclic) bond motifs is 2. The fourth-order valence-electron chi connectivity index (χ4n) is 4.72. The average Bonchev–Trinajstić information content (AvgIpc) is 3.32. The molecule has 28 heavy (non-hydrogen) atoms. The van der Waals surface area contributed by atoms with Gasteiger partial charge >= 0.3 is 0 Å². The number of sulfonamides is 1. The van der Waals surface area contributed by atoms with Gasteiger partial charge in [-0.1, -0.05) is 6.42 Å². The molecule has 1 heterocycles. The molecule has 2 aliphatic rings. The van der Waals surface area contributed by atoms with E-state index < -0.39 is 10.0 Å². The molecule has 4 atom stereocenters. The molecule has 1 aromatic heterocycles. The molecule has 2 N–H and O–H groups in total. The Balaban J connectivity index is 1.40. The van der Waals surface area contributed by atoms with Gasteiger partial charge in [-0.05, 0) is 80.3 Å². The van der Waals surface area contributed by atoms with E-state index in [2.05, 4.69) is 21.9 Å². The Bertz CT molecular complexity index is 945. The second-order valence-corrected chi connectivity index (χ2v) is 9.65. The van der Waals surface area contributed by atoms with E-state index in [-0.39, 0.29) is 16.8 Å². The maximum absolute atomic E-state index is 12.6. The standard InChI is InChI=1S/C21H25N3O3S/c1-14(20-13-15-2-3-17(20)12-15)23-21(25)16-4-6-19(7-5-16)28(26,27)24-18-8-10-22-11-9-18/h4-11,14-15,17,20H,2-3,12-13H2,1H3,(H,22,24)(H,23,25)/t14-,15-,17-,20+/m0/s1. The molecule has 0 saturated heterocycles. The number of anilines is 1. The summed E-state index contributed by atoms with van der Waals surface area (Å²) in [7, 11) is -3.71. The number of rotatable bonds is 6. The van der Waals surface area contributed by atoms with E-state index in [1.165, 1.54) is 50.2 Å². The van der Waals surface area contributed by atoms with Crippen molar-refractivity contribution >= 4 is 21.6 Å². The number of carbonyl (C=O) groups is 1. The first kappa shape index (κ1) is 18.9. The summed E-state index contributed by atoms with van der Waals surface area (Å²) in [5, 5.41) is 3.11. The molecule has 0 spiro atoms. The topological polar surface area (TPSA) is 88.2 Å². The Labute approximate surface area is 165 Å².